The Hall–Kier alpha value is -2.14. The largest absolute Gasteiger partial charge is 0.465 e. The van der Waals surface area contributed by atoms with Crippen molar-refractivity contribution in [1.29, 1.82) is 0 Å². The first-order valence-electron chi connectivity index (χ1n) is 8.15. The highest BCUT2D eigenvalue weighted by Gasteiger charge is 2.47. The lowest BCUT2D eigenvalue weighted by atomic mass is 9.79. The van der Waals surface area contributed by atoms with Crippen LogP contribution < -0.4 is 0 Å². The smallest absolute Gasteiger partial charge is 0.323 e. The molecule has 1 aromatic carbocycles. The molecule has 0 aromatic heterocycles. The third-order valence-corrected chi connectivity index (χ3v) is 4.02. The Morgan fingerprint density at radius 3 is 2.04 bits per heavy atom. The van der Waals surface area contributed by atoms with E-state index in [0.29, 0.717) is 10.6 Å². The Morgan fingerprint density at radius 2 is 1.60 bits per heavy atom. The molecule has 6 heteroatoms. The monoisotopic (exact) mass is 366 g/mol. The number of ketones is 1. The van der Waals surface area contributed by atoms with Crippen LogP contribution in [0.1, 0.15) is 43.5 Å². The summed E-state index contributed by atoms with van der Waals surface area (Å²) < 4.78 is 10.1. The SMILES string of the molecule is C=CCC(CCC(=O)c1ccc(Cl)cc1)(C(=O)OCC)C(=O)OCC. The Kier molecular flexibility index (Phi) is 8.35. The third-order valence-electron chi connectivity index (χ3n) is 3.77. The minimum atomic E-state index is -1.56. The molecule has 0 saturated heterocycles. The van der Waals surface area contributed by atoms with Crippen molar-refractivity contribution in [3.63, 3.8) is 0 Å². The van der Waals surface area contributed by atoms with Crippen molar-refractivity contribution in [3.8, 4) is 0 Å². The molecule has 0 fully saturated rings. The van der Waals surface area contributed by atoms with E-state index < -0.39 is 17.4 Å². The van der Waals surface area contributed by atoms with Gasteiger partial charge in [-0.1, -0.05) is 17.7 Å². The van der Waals surface area contributed by atoms with Gasteiger partial charge >= 0.3 is 11.9 Å². The van der Waals surface area contributed by atoms with Crippen LogP contribution in [0.2, 0.25) is 5.02 Å². The highest BCUT2D eigenvalue weighted by atomic mass is 35.5. The number of Topliss-reactive ketones (excluding diaryl/α,β-unsaturated/α-hetero) is 1. The van der Waals surface area contributed by atoms with Crippen LogP contribution in [0.4, 0.5) is 0 Å². The first-order chi connectivity index (χ1) is 11.9. The summed E-state index contributed by atoms with van der Waals surface area (Å²) in [6.45, 7) is 7.17. The number of hydrogen-bond donors (Lipinski definition) is 0. The molecule has 0 N–H and O–H groups in total. The van der Waals surface area contributed by atoms with E-state index in [9.17, 15) is 14.4 Å². The molecule has 1 rings (SSSR count). The zero-order valence-corrected chi connectivity index (χ0v) is 15.3. The molecular formula is C19H23ClO5. The average Bonchev–Trinajstić information content (AvgIpc) is 2.59. The quantitative estimate of drug-likeness (QED) is 0.271. The van der Waals surface area contributed by atoms with Crippen molar-refractivity contribution in [3.05, 3.63) is 47.5 Å². The Balaban J connectivity index is 3.03. The summed E-state index contributed by atoms with van der Waals surface area (Å²) in [7, 11) is 0. The molecule has 1 aromatic rings. The number of rotatable bonds is 10. The number of hydrogen-bond acceptors (Lipinski definition) is 5. The molecular weight excluding hydrogens is 344 g/mol. The molecule has 0 bridgehead atoms. The van der Waals surface area contributed by atoms with Crippen LogP contribution >= 0.6 is 11.6 Å². The van der Waals surface area contributed by atoms with Gasteiger partial charge in [-0.3, -0.25) is 14.4 Å². The van der Waals surface area contributed by atoms with Gasteiger partial charge in [0.2, 0.25) is 0 Å². The molecule has 0 heterocycles. The summed E-state index contributed by atoms with van der Waals surface area (Å²) in [5.74, 6) is -1.59. The van der Waals surface area contributed by atoms with Gasteiger partial charge in [-0.05, 0) is 51.0 Å². The molecule has 25 heavy (non-hydrogen) atoms. The summed E-state index contributed by atoms with van der Waals surface area (Å²) in [6.07, 6.45) is 1.48. The number of benzene rings is 1. The fourth-order valence-electron chi connectivity index (χ4n) is 2.45. The minimum absolute atomic E-state index is 0.00684. The third kappa shape index (κ3) is 5.43. The zero-order valence-electron chi connectivity index (χ0n) is 14.5. The Labute approximate surface area is 153 Å². The fourth-order valence-corrected chi connectivity index (χ4v) is 2.57. The van der Waals surface area contributed by atoms with Crippen molar-refractivity contribution in [2.75, 3.05) is 13.2 Å². The Bertz CT molecular complexity index is 603. The van der Waals surface area contributed by atoms with Crippen LogP contribution in [0.3, 0.4) is 0 Å². The second-order valence-electron chi connectivity index (χ2n) is 5.45. The van der Waals surface area contributed by atoms with Crippen LogP contribution in [-0.2, 0) is 19.1 Å². The lowest BCUT2D eigenvalue weighted by Gasteiger charge is -2.27. The van der Waals surface area contributed by atoms with Gasteiger partial charge in [0.1, 0.15) is 0 Å². The molecule has 0 aliphatic carbocycles. The van der Waals surface area contributed by atoms with E-state index in [0.717, 1.165) is 0 Å². The number of ether oxygens (including phenoxy) is 2. The van der Waals surface area contributed by atoms with Crippen LogP contribution in [0.25, 0.3) is 0 Å². The predicted octanol–water partition coefficient (Wildman–Crippen LogP) is 3.99. The van der Waals surface area contributed by atoms with E-state index in [4.69, 9.17) is 21.1 Å². The normalized spacial score (nSPS) is 10.8. The van der Waals surface area contributed by atoms with Crippen LogP contribution in [0.5, 0.6) is 0 Å². The maximum Gasteiger partial charge on any atom is 0.323 e. The van der Waals surface area contributed by atoms with Gasteiger partial charge in [-0.2, -0.15) is 0 Å². The summed E-state index contributed by atoms with van der Waals surface area (Å²) >= 11 is 5.82. The van der Waals surface area contributed by atoms with Gasteiger partial charge in [0, 0.05) is 17.0 Å². The van der Waals surface area contributed by atoms with Gasteiger partial charge < -0.3 is 9.47 Å². The summed E-state index contributed by atoms with van der Waals surface area (Å²) in [4.78, 5) is 37.3. The van der Waals surface area contributed by atoms with Gasteiger partial charge in [-0.15, -0.1) is 6.58 Å². The van der Waals surface area contributed by atoms with E-state index >= 15 is 0 Å². The molecule has 0 amide bonds. The number of esters is 2. The van der Waals surface area contributed by atoms with Gasteiger partial charge in [0.15, 0.2) is 11.2 Å². The molecule has 5 nitrogen and oxygen atoms in total. The highest BCUT2D eigenvalue weighted by Crippen LogP contribution is 2.33. The maximum absolute atomic E-state index is 12.5. The molecule has 0 saturated carbocycles. The average molecular weight is 367 g/mol. The minimum Gasteiger partial charge on any atom is -0.465 e. The summed E-state index contributed by atoms with van der Waals surface area (Å²) in [6, 6.07) is 6.44. The number of carbonyl (C=O) groups is 3. The second-order valence-corrected chi connectivity index (χ2v) is 5.88. The first kappa shape index (κ1) is 20.9. The molecule has 0 aliphatic rings. The topological polar surface area (TPSA) is 69.7 Å². The summed E-state index contributed by atoms with van der Waals surface area (Å²) in [5.41, 5.74) is -1.10. The summed E-state index contributed by atoms with van der Waals surface area (Å²) in [5, 5.41) is 0.524. The van der Waals surface area contributed by atoms with Crippen LogP contribution in [0, 0.1) is 5.41 Å². The number of carbonyl (C=O) groups excluding carboxylic acids is 3. The second kappa shape index (κ2) is 9.99. The molecule has 0 atom stereocenters. The maximum atomic E-state index is 12.5. The highest BCUT2D eigenvalue weighted by molar-refractivity contribution is 6.30. The van der Waals surface area contributed by atoms with E-state index in [1.807, 2.05) is 0 Å². The van der Waals surface area contributed by atoms with Crippen molar-refractivity contribution in [1.82, 2.24) is 0 Å². The predicted molar refractivity (Wildman–Crippen MR) is 95.5 cm³/mol. The van der Waals surface area contributed by atoms with Crippen LogP contribution in [-0.4, -0.2) is 30.9 Å². The number of allylic oxidation sites excluding steroid dienone is 1. The Morgan fingerprint density at radius 1 is 1.08 bits per heavy atom. The first-order valence-corrected chi connectivity index (χ1v) is 8.53. The van der Waals surface area contributed by atoms with Crippen molar-refractivity contribution >= 4 is 29.3 Å². The molecule has 0 aliphatic heterocycles. The lowest BCUT2D eigenvalue weighted by Crippen LogP contribution is -2.42. The van der Waals surface area contributed by atoms with E-state index in [1.165, 1.54) is 6.08 Å². The molecule has 0 radical (unpaired) electrons. The van der Waals surface area contributed by atoms with Crippen molar-refractivity contribution < 1.29 is 23.9 Å². The lowest BCUT2D eigenvalue weighted by molar-refractivity contribution is -0.172. The molecule has 0 unspecified atom stereocenters. The van der Waals surface area contributed by atoms with E-state index in [-0.39, 0.29) is 38.3 Å². The van der Waals surface area contributed by atoms with Crippen molar-refractivity contribution in [2.24, 2.45) is 5.41 Å². The van der Waals surface area contributed by atoms with Crippen LogP contribution in [0.15, 0.2) is 36.9 Å². The fraction of sp³-hybridized carbons (Fsp3) is 0.421. The van der Waals surface area contributed by atoms with E-state index in [2.05, 4.69) is 6.58 Å². The molecule has 0 spiro atoms. The molecule has 136 valence electrons. The standard InChI is InChI=1S/C19H23ClO5/c1-4-12-19(17(22)24-5-2,18(23)25-6-3)13-11-16(21)14-7-9-15(20)10-8-14/h4,7-10H,1,5-6,11-13H2,2-3H3. The zero-order chi connectivity index (χ0) is 18.9. The van der Waals surface area contributed by atoms with E-state index in [1.54, 1.807) is 38.1 Å². The van der Waals surface area contributed by atoms with Crippen molar-refractivity contribution in [2.45, 2.75) is 33.1 Å². The van der Waals surface area contributed by atoms with Gasteiger partial charge in [0.05, 0.1) is 13.2 Å². The van der Waals surface area contributed by atoms with Gasteiger partial charge in [-0.25, -0.2) is 0 Å². The van der Waals surface area contributed by atoms with Gasteiger partial charge in [0.25, 0.3) is 0 Å². The number of halogens is 1.